The fraction of sp³-hybridized carbons (Fsp3) is 0.600. The van der Waals surface area contributed by atoms with Crippen LogP contribution in [0.2, 0.25) is 0 Å². The van der Waals surface area contributed by atoms with Gasteiger partial charge in [-0.05, 0) is 47.3 Å². The minimum Gasteiger partial charge on any atom is -0.307 e. The van der Waals surface area contributed by atoms with E-state index in [9.17, 15) is 0 Å². The van der Waals surface area contributed by atoms with Crippen LogP contribution in [0, 0.1) is 0 Å². The molecule has 1 atom stereocenters. The zero-order valence-electron chi connectivity index (χ0n) is 7.98. The molecule has 0 saturated carbocycles. The maximum atomic E-state index is 3.60. The van der Waals surface area contributed by atoms with Crippen LogP contribution in [0.4, 0.5) is 0 Å². The second kappa shape index (κ2) is 3.37. The summed E-state index contributed by atoms with van der Waals surface area (Å²) in [6, 6.07) is 2.27. The molecule has 2 rings (SSSR count). The van der Waals surface area contributed by atoms with Crippen molar-refractivity contribution in [3.63, 3.8) is 0 Å². The Balaban J connectivity index is 2.47. The molecule has 0 aliphatic carbocycles. The van der Waals surface area contributed by atoms with E-state index in [1.165, 1.54) is 15.8 Å². The highest BCUT2D eigenvalue weighted by Crippen LogP contribution is 2.38. The first-order chi connectivity index (χ1) is 6.15. The van der Waals surface area contributed by atoms with Crippen molar-refractivity contribution in [2.24, 2.45) is 0 Å². The molecular weight excluding hydrogens is 246 g/mol. The Morgan fingerprint density at radius 1 is 1.69 bits per heavy atom. The van der Waals surface area contributed by atoms with Gasteiger partial charge < -0.3 is 5.32 Å². The van der Waals surface area contributed by atoms with E-state index in [0.717, 1.165) is 13.0 Å². The summed E-state index contributed by atoms with van der Waals surface area (Å²) in [6.45, 7) is 5.65. The predicted octanol–water partition coefficient (Wildman–Crippen LogP) is 3.28. The van der Waals surface area contributed by atoms with Crippen molar-refractivity contribution in [2.75, 3.05) is 6.54 Å². The minimum absolute atomic E-state index is 0.204. The molecule has 1 aliphatic heterocycles. The van der Waals surface area contributed by atoms with E-state index in [1.807, 2.05) is 11.3 Å². The average Bonchev–Trinajstić information content (AvgIpc) is 2.48. The van der Waals surface area contributed by atoms with Gasteiger partial charge in [-0.15, -0.1) is 11.3 Å². The van der Waals surface area contributed by atoms with Crippen molar-refractivity contribution >= 4 is 27.3 Å². The molecule has 1 aliphatic rings. The molecule has 0 amide bonds. The van der Waals surface area contributed by atoms with Gasteiger partial charge in [-0.3, -0.25) is 0 Å². The van der Waals surface area contributed by atoms with Gasteiger partial charge in [0.1, 0.15) is 0 Å². The predicted molar refractivity (Wildman–Crippen MR) is 61.4 cm³/mol. The lowest BCUT2D eigenvalue weighted by Gasteiger charge is -2.34. The first kappa shape index (κ1) is 9.69. The maximum Gasteiger partial charge on any atom is 0.0704 e. The van der Waals surface area contributed by atoms with Gasteiger partial charge >= 0.3 is 0 Å². The number of hydrogen-bond donors (Lipinski definition) is 1. The maximum absolute atomic E-state index is 3.60. The van der Waals surface area contributed by atoms with E-state index in [1.54, 1.807) is 4.88 Å². The number of rotatable bonds is 1. The number of hydrogen-bond acceptors (Lipinski definition) is 2. The molecular formula is C10H14BrNS. The molecule has 0 bridgehead atoms. The quantitative estimate of drug-likeness (QED) is 0.817. The van der Waals surface area contributed by atoms with Crippen LogP contribution in [0.3, 0.4) is 0 Å². The fourth-order valence-electron chi connectivity index (χ4n) is 1.91. The first-order valence-corrected chi connectivity index (χ1v) is 6.30. The van der Waals surface area contributed by atoms with Crippen molar-refractivity contribution in [3.8, 4) is 0 Å². The summed E-state index contributed by atoms with van der Waals surface area (Å²) in [5.41, 5.74) is 1.70. The van der Waals surface area contributed by atoms with E-state index in [4.69, 9.17) is 0 Å². The normalized spacial score (nSPS) is 27.3. The molecule has 13 heavy (non-hydrogen) atoms. The molecule has 3 heteroatoms. The summed E-state index contributed by atoms with van der Waals surface area (Å²) in [6.07, 6.45) is 2.34. The number of thiophene rings is 1. The van der Waals surface area contributed by atoms with Crippen LogP contribution in [0.5, 0.6) is 0 Å². The summed E-state index contributed by atoms with van der Waals surface area (Å²) in [4.78, 5) is 1.55. The topological polar surface area (TPSA) is 12.0 Å². The fourth-order valence-corrected chi connectivity index (χ4v) is 3.74. The van der Waals surface area contributed by atoms with Crippen molar-refractivity contribution in [3.05, 3.63) is 20.3 Å². The van der Waals surface area contributed by atoms with Crippen molar-refractivity contribution in [1.29, 1.82) is 0 Å². The van der Waals surface area contributed by atoms with Gasteiger partial charge in [-0.25, -0.2) is 0 Å². The van der Waals surface area contributed by atoms with Gasteiger partial charge in [0.25, 0.3) is 0 Å². The highest BCUT2D eigenvalue weighted by atomic mass is 79.9. The highest BCUT2D eigenvalue weighted by molar-refractivity contribution is 9.11. The molecule has 0 spiro atoms. The molecule has 0 fully saturated rings. The van der Waals surface area contributed by atoms with Crippen LogP contribution < -0.4 is 5.32 Å². The van der Waals surface area contributed by atoms with Crippen LogP contribution in [0.25, 0.3) is 0 Å². The molecule has 72 valence electrons. The van der Waals surface area contributed by atoms with Crippen molar-refractivity contribution < 1.29 is 0 Å². The first-order valence-electron chi connectivity index (χ1n) is 4.69. The molecule has 1 nitrogen and oxygen atoms in total. The SMILES string of the molecule is CCC1(C)NCCc2sc(Br)cc21. The zero-order valence-corrected chi connectivity index (χ0v) is 10.4. The number of halogens is 1. The van der Waals surface area contributed by atoms with Crippen LogP contribution >= 0.6 is 27.3 Å². The van der Waals surface area contributed by atoms with Gasteiger partial charge in [-0.1, -0.05) is 6.92 Å². The molecule has 0 radical (unpaired) electrons. The second-order valence-corrected chi connectivity index (χ2v) is 6.27. The Morgan fingerprint density at radius 3 is 3.15 bits per heavy atom. The van der Waals surface area contributed by atoms with Crippen LogP contribution in [-0.2, 0) is 12.0 Å². The largest absolute Gasteiger partial charge is 0.307 e. The van der Waals surface area contributed by atoms with Crippen LogP contribution in [-0.4, -0.2) is 6.54 Å². The van der Waals surface area contributed by atoms with Crippen molar-refractivity contribution in [2.45, 2.75) is 32.2 Å². The second-order valence-electron chi connectivity index (χ2n) is 3.75. The van der Waals surface area contributed by atoms with Crippen molar-refractivity contribution in [1.82, 2.24) is 5.32 Å². The summed E-state index contributed by atoms with van der Waals surface area (Å²) < 4.78 is 1.26. The third kappa shape index (κ3) is 1.58. The van der Waals surface area contributed by atoms with E-state index < -0.39 is 0 Å². The van der Waals surface area contributed by atoms with Gasteiger partial charge in [0.15, 0.2) is 0 Å². The van der Waals surface area contributed by atoms with Gasteiger partial charge in [0, 0.05) is 17.0 Å². The molecule has 1 aromatic heterocycles. The lowest BCUT2D eigenvalue weighted by molar-refractivity contribution is 0.338. The third-order valence-electron chi connectivity index (χ3n) is 2.95. The summed E-state index contributed by atoms with van der Waals surface area (Å²) in [7, 11) is 0. The lowest BCUT2D eigenvalue weighted by Crippen LogP contribution is -2.43. The molecule has 1 N–H and O–H groups in total. The third-order valence-corrected chi connectivity index (χ3v) is 4.65. The van der Waals surface area contributed by atoms with E-state index in [-0.39, 0.29) is 5.54 Å². The highest BCUT2D eigenvalue weighted by Gasteiger charge is 2.31. The Labute approximate surface area is 91.7 Å². The average molecular weight is 260 g/mol. The summed E-state index contributed by atoms with van der Waals surface area (Å²) in [5, 5.41) is 3.60. The van der Waals surface area contributed by atoms with Gasteiger partial charge in [-0.2, -0.15) is 0 Å². The Hall–Kier alpha value is 0.140. The molecule has 2 heterocycles. The molecule has 1 aromatic rings. The van der Waals surface area contributed by atoms with Gasteiger partial charge in [0.2, 0.25) is 0 Å². The summed E-state index contributed by atoms with van der Waals surface area (Å²) >= 11 is 5.45. The van der Waals surface area contributed by atoms with Crippen LogP contribution in [0.15, 0.2) is 9.85 Å². The van der Waals surface area contributed by atoms with Crippen LogP contribution in [0.1, 0.15) is 30.7 Å². The lowest BCUT2D eigenvalue weighted by atomic mass is 9.86. The molecule has 0 saturated heterocycles. The zero-order chi connectivity index (χ0) is 9.47. The standard InChI is InChI=1S/C10H14BrNS/c1-3-10(2)7-6-9(11)13-8(7)4-5-12-10/h6,12H,3-5H2,1-2H3. The Kier molecular flexibility index (Phi) is 2.51. The molecule has 0 aromatic carbocycles. The monoisotopic (exact) mass is 259 g/mol. The minimum atomic E-state index is 0.204. The Morgan fingerprint density at radius 2 is 2.46 bits per heavy atom. The molecule has 1 unspecified atom stereocenters. The van der Waals surface area contributed by atoms with E-state index in [0.29, 0.717) is 0 Å². The smallest absolute Gasteiger partial charge is 0.0704 e. The summed E-state index contributed by atoms with van der Waals surface area (Å²) in [5.74, 6) is 0. The number of fused-ring (bicyclic) bond motifs is 1. The van der Waals surface area contributed by atoms with E-state index in [2.05, 4.69) is 41.2 Å². The number of nitrogens with one attached hydrogen (secondary N) is 1. The van der Waals surface area contributed by atoms with Gasteiger partial charge in [0.05, 0.1) is 3.79 Å². The van der Waals surface area contributed by atoms with E-state index >= 15 is 0 Å². The Bertz CT molecular complexity index is 321.